The zero-order valence-electron chi connectivity index (χ0n) is 10.7. The summed E-state index contributed by atoms with van der Waals surface area (Å²) in [6.45, 7) is 2.61. The predicted octanol–water partition coefficient (Wildman–Crippen LogP) is 3.37. The van der Waals surface area contributed by atoms with Crippen molar-refractivity contribution in [2.24, 2.45) is 5.73 Å². The zero-order chi connectivity index (χ0) is 13.0. The molecule has 1 unspecified atom stereocenters. The summed E-state index contributed by atoms with van der Waals surface area (Å²) in [6.07, 6.45) is 0.986. The molecule has 0 fully saturated rings. The normalized spacial score (nSPS) is 12.6. The van der Waals surface area contributed by atoms with E-state index >= 15 is 0 Å². The molecule has 2 rings (SSSR count). The van der Waals surface area contributed by atoms with Gasteiger partial charge in [0.15, 0.2) is 0 Å². The third-order valence-corrected chi connectivity index (χ3v) is 4.05. The van der Waals surface area contributed by atoms with Crippen molar-refractivity contribution >= 4 is 11.3 Å². The van der Waals surface area contributed by atoms with Crippen molar-refractivity contribution in [1.82, 2.24) is 4.98 Å². The van der Waals surface area contributed by atoms with E-state index in [1.54, 1.807) is 18.4 Å². The van der Waals surface area contributed by atoms with E-state index in [0.717, 1.165) is 27.6 Å². The van der Waals surface area contributed by atoms with Crippen molar-refractivity contribution in [3.63, 3.8) is 0 Å². The fraction of sp³-hybridized carbons (Fsp3) is 0.357. The lowest BCUT2D eigenvalue weighted by molar-refractivity contribution is 0.0998. The average molecular weight is 262 g/mol. The summed E-state index contributed by atoms with van der Waals surface area (Å²) in [4.78, 5) is 5.82. The third kappa shape index (κ3) is 2.61. The number of methoxy groups -OCH3 is 1. The van der Waals surface area contributed by atoms with Crippen LogP contribution in [0.2, 0.25) is 0 Å². The van der Waals surface area contributed by atoms with E-state index in [-0.39, 0.29) is 6.10 Å². The number of aromatic nitrogens is 1. The van der Waals surface area contributed by atoms with Crippen LogP contribution in [0.1, 0.15) is 29.3 Å². The van der Waals surface area contributed by atoms with Crippen molar-refractivity contribution in [2.45, 2.75) is 26.0 Å². The Labute approximate surface area is 112 Å². The lowest BCUT2D eigenvalue weighted by Gasteiger charge is -2.08. The highest BCUT2D eigenvalue weighted by atomic mass is 32.1. The molecular formula is C14H18N2OS. The minimum atomic E-state index is 0.0674. The maximum Gasteiger partial charge on any atom is 0.123 e. The molecule has 0 aliphatic rings. The van der Waals surface area contributed by atoms with Crippen molar-refractivity contribution in [1.29, 1.82) is 0 Å². The fourth-order valence-electron chi connectivity index (χ4n) is 1.91. The molecule has 4 heteroatoms. The van der Waals surface area contributed by atoms with Crippen LogP contribution >= 0.6 is 11.3 Å². The number of nitrogens with zero attached hydrogens (tertiary/aromatic N) is 1. The average Bonchev–Trinajstić information content (AvgIpc) is 2.85. The van der Waals surface area contributed by atoms with E-state index in [1.807, 2.05) is 18.2 Å². The Kier molecular flexibility index (Phi) is 4.47. The Hall–Kier alpha value is -1.23. The molecule has 1 atom stereocenters. The molecule has 0 spiro atoms. The second kappa shape index (κ2) is 6.09. The van der Waals surface area contributed by atoms with Gasteiger partial charge < -0.3 is 10.5 Å². The SMILES string of the molecule is CCC(OC)c1nc(-c2ccccc2)c(CN)s1. The molecule has 2 N–H and O–H groups in total. The number of benzene rings is 1. The molecule has 96 valence electrons. The summed E-state index contributed by atoms with van der Waals surface area (Å²) in [7, 11) is 1.72. The summed E-state index contributed by atoms with van der Waals surface area (Å²) in [5, 5.41) is 1.01. The van der Waals surface area contributed by atoms with Gasteiger partial charge in [0.1, 0.15) is 11.1 Å². The third-order valence-electron chi connectivity index (χ3n) is 2.88. The zero-order valence-corrected chi connectivity index (χ0v) is 11.5. The highest BCUT2D eigenvalue weighted by Crippen LogP contribution is 2.32. The lowest BCUT2D eigenvalue weighted by atomic mass is 10.1. The first-order valence-electron chi connectivity index (χ1n) is 6.08. The van der Waals surface area contributed by atoms with Gasteiger partial charge in [-0.15, -0.1) is 11.3 Å². The molecule has 0 radical (unpaired) electrons. The summed E-state index contributed by atoms with van der Waals surface area (Å²) in [5.41, 5.74) is 7.93. The van der Waals surface area contributed by atoms with E-state index in [2.05, 4.69) is 19.1 Å². The van der Waals surface area contributed by atoms with E-state index in [1.165, 1.54) is 0 Å². The van der Waals surface area contributed by atoms with Crippen LogP contribution in [-0.2, 0) is 11.3 Å². The van der Waals surface area contributed by atoms with Crippen LogP contribution in [-0.4, -0.2) is 12.1 Å². The first-order chi connectivity index (χ1) is 8.80. The molecule has 3 nitrogen and oxygen atoms in total. The van der Waals surface area contributed by atoms with Gasteiger partial charge in [0, 0.05) is 24.1 Å². The first-order valence-corrected chi connectivity index (χ1v) is 6.89. The largest absolute Gasteiger partial charge is 0.374 e. The van der Waals surface area contributed by atoms with Crippen LogP contribution in [0, 0.1) is 0 Å². The fourth-order valence-corrected chi connectivity index (χ4v) is 3.04. The topological polar surface area (TPSA) is 48.1 Å². The molecule has 18 heavy (non-hydrogen) atoms. The summed E-state index contributed by atoms with van der Waals surface area (Å²) < 4.78 is 5.44. The van der Waals surface area contributed by atoms with Gasteiger partial charge >= 0.3 is 0 Å². The standard InChI is InChI=1S/C14H18N2OS/c1-3-11(17-2)14-16-13(12(9-15)18-14)10-7-5-4-6-8-10/h4-8,11H,3,9,15H2,1-2H3. The molecule has 0 aliphatic carbocycles. The van der Waals surface area contributed by atoms with Gasteiger partial charge in [0.05, 0.1) is 5.69 Å². The molecule has 0 aliphatic heterocycles. The van der Waals surface area contributed by atoms with Gasteiger partial charge in [-0.3, -0.25) is 0 Å². The Bertz CT molecular complexity index is 492. The molecule has 0 saturated carbocycles. The van der Waals surface area contributed by atoms with Crippen LogP contribution in [0.15, 0.2) is 30.3 Å². The second-order valence-electron chi connectivity index (χ2n) is 4.03. The van der Waals surface area contributed by atoms with Crippen LogP contribution in [0.5, 0.6) is 0 Å². The number of hydrogen-bond acceptors (Lipinski definition) is 4. The minimum Gasteiger partial charge on any atom is -0.374 e. The van der Waals surface area contributed by atoms with E-state index in [4.69, 9.17) is 15.5 Å². The van der Waals surface area contributed by atoms with Crippen LogP contribution < -0.4 is 5.73 Å². The summed E-state index contributed by atoms with van der Waals surface area (Å²) in [5.74, 6) is 0. The number of nitrogens with two attached hydrogens (primary N) is 1. The molecule has 2 aromatic rings. The second-order valence-corrected chi connectivity index (χ2v) is 5.14. The van der Waals surface area contributed by atoms with Crippen LogP contribution in [0.25, 0.3) is 11.3 Å². The Balaban J connectivity index is 2.42. The Morgan fingerprint density at radius 3 is 2.61 bits per heavy atom. The lowest BCUT2D eigenvalue weighted by Crippen LogP contribution is -1.98. The van der Waals surface area contributed by atoms with Crippen molar-refractivity contribution in [3.05, 3.63) is 40.2 Å². The van der Waals surface area contributed by atoms with Gasteiger partial charge in [-0.25, -0.2) is 4.98 Å². The smallest absolute Gasteiger partial charge is 0.123 e. The van der Waals surface area contributed by atoms with Gasteiger partial charge in [-0.1, -0.05) is 37.3 Å². The first kappa shape index (κ1) is 13.2. The molecule has 0 amide bonds. The molecule has 1 aromatic carbocycles. The number of thiazole rings is 1. The highest BCUT2D eigenvalue weighted by molar-refractivity contribution is 7.12. The van der Waals surface area contributed by atoms with Crippen LogP contribution in [0.4, 0.5) is 0 Å². The van der Waals surface area contributed by atoms with Gasteiger partial charge in [-0.2, -0.15) is 0 Å². The van der Waals surface area contributed by atoms with Gasteiger partial charge in [-0.05, 0) is 6.42 Å². The molecule has 1 aromatic heterocycles. The van der Waals surface area contributed by atoms with Gasteiger partial charge in [0.2, 0.25) is 0 Å². The number of hydrogen-bond donors (Lipinski definition) is 1. The number of rotatable bonds is 5. The maximum absolute atomic E-state index is 5.81. The predicted molar refractivity (Wildman–Crippen MR) is 75.5 cm³/mol. The molecule has 0 saturated heterocycles. The maximum atomic E-state index is 5.81. The highest BCUT2D eigenvalue weighted by Gasteiger charge is 2.17. The monoisotopic (exact) mass is 262 g/mol. The summed E-state index contributed by atoms with van der Waals surface area (Å²) >= 11 is 1.65. The van der Waals surface area contributed by atoms with E-state index in [9.17, 15) is 0 Å². The Morgan fingerprint density at radius 1 is 1.33 bits per heavy atom. The van der Waals surface area contributed by atoms with Gasteiger partial charge in [0.25, 0.3) is 0 Å². The van der Waals surface area contributed by atoms with Crippen molar-refractivity contribution in [3.8, 4) is 11.3 Å². The quantitative estimate of drug-likeness (QED) is 0.898. The minimum absolute atomic E-state index is 0.0674. The van der Waals surface area contributed by atoms with Crippen molar-refractivity contribution < 1.29 is 4.74 Å². The van der Waals surface area contributed by atoms with E-state index in [0.29, 0.717) is 6.54 Å². The van der Waals surface area contributed by atoms with Crippen molar-refractivity contribution in [2.75, 3.05) is 7.11 Å². The molecular weight excluding hydrogens is 244 g/mol. The Morgan fingerprint density at radius 2 is 2.06 bits per heavy atom. The molecule has 1 heterocycles. The van der Waals surface area contributed by atoms with E-state index < -0.39 is 0 Å². The summed E-state index contributed by atoms with van der Waals surface area (Å²) in [6, 6.07) is 10.2. The number of ether oxygens (including phenoxy) is 1. The van der Waals surface area contributed by atoms with Crippen LogP contribution in [0.3, 0.4) is 0 Å². The molecule has 0 bridgehead atoms.